The molecular weight excluding hydrogens is 196 g/mol. The van der Waals surface area contributed by atoms with Crippen molar-refractivity contribution < 1.29 is 4.79 Å². The Balaban J connectivity index is 2.92. The van der Waals surface area contributed by atoms with Gasteiger partial charge in [-0.1, -0.05) is 0 Å². The summed E-state index contributed by atoms with van der Waals surface area (Å²) in [6, 6.07) is 0. The number of Topliss-reactive ketones (excluding diaryl/α,β-unsaturated/α-hetero) is 1. The van der Waals surface area contributed by atoms with Crippen LogP contribution in [0, 0.1) is 0 Å². The van der Waals surface area contributed by atoms with E-state index in [1.54, 1.807) is 5.38 Å². The second kappa shape index (κ2) is 3.69. The van der Waals surface area contributed by atoms with E-state index in [4.69, 9.17) is 0 Å². The predicted molar refractivity (Wildman–Crippen MR) is 60.3 cm³/mol. The van der Waals surface area contributed by atoms with E-state index in [-0.39, 0.29) is 11.3 Å². The lowest BCUT2D eigenvalue weighted by atomic mass is 10.1. The van der Waals surface area contributed by atoms with Crippen LogP contribution in [0.3, 0.4) is 0 Å². The van der Waals surface area contributed by atoms with E-state index in [0.717, 1.165) is 5.13 Å². The molecule has 0 spiro atoms. The Hall–Kier alpha value is -0.900. The summed E-state index contributed by atoms with van der Waals surface area (Å²) in [7, 11) is 1.99. The van der Waals surface area contributed by atoms with Crippen molar-refractivity contribution in [1.29, 1.82) is 0 Å². The molecule has 0 fully saturated rings. The number of anilines is 1. The molecule has 1 rings (SSSR count). The van der Waals surface area contributed by atoms with Gasteiger partial charge < -0.3 is 4.90 Å². The first kappa shape index (κ1) is 11.2. The number of rotatable bonds is 2. The summed E-state index contributed by atoms with van der Waals surface area (Å²) in [5, 5.41) is 2.70. The van der Waals surface area contributed by atoms with Crippen LogP contribution < -0.4 is 4.90 Å². The third-order valence-electron chi connectivity index (χ3n) is 2.15. The number of ketones is 1. The molecule has 0 aromatic carbocycles. The van der Waals surface area contributed by atoms with Crippen LogP contribution in [-0.4, -0.2) is 23.4 Å². The van der Waals surface area contributed by atoms with Crippen LogP contribution in [0.25, 0.3) is 0 Å². The van der Waals surface area contributed by atoms with Crippen LogP contribution >= 0.6 is 11.3 Å². The molecule has 0 amide bonds. The van der Waals surface area contributed by atoms with Crippen molar-refractivity contribution in [1.82, 2.24) is 4.98 Å². The average Bonchev–Trinajstić information content (AvgIpc) is 2.48. The van der Waals surface area contributed by atoms with Gasteiger partial charge in [0.1, 0.15) is 5.69 Å². The van der Waals surface area contributed by atoms with E-state index in [1.165, 1.54) is 18.3 Å². The van der Waals surface area contributed by atoms with Gasteiger partial charge in [0.15, 0.2) is 10.9 Å². The number of hydrogen-bond acceptors (Lipinski definition) is 4. The van der Waals surface area contributed by atoms with E-state index in [9.17, 15) is 4.79 Å². The van der Waals surface area contributed by atoms with E-state index < -0.39 is 0 Å². The fraction of sp³-hybridized carbons (Fsp3) is 0.600. The molecule has 0 saturated carbocycles. The largest absolute Gasteiger partial charge is 0.346 e. The molecule has 0 aliphatic rings. The monoisotopic (exact) mass is 212 g/mol. The first-order valence-electron chi connectivity index (χ1n) is 4.52. The van der Waals surface area contributed by atoms with Crippen LogP contribution in [0.15, 0.2) is 5.38 Å². The summed E-state index contributed by atoms with van der Waals surface area (Å²) in [5.41, 5.74) is 0.590. The number of carbonyl (C=O) groups excluding carboxylic acids is 1. The van der Waals surface area contributed by atoms with E-state index in [1.807, 2.05) is 7.05 Å². The minimum Gasteiger partial charge on any atom is -0.346 e. The van der Waals surface area contributed by atoms with Crippen molar-refractivity contribution >= 4 is 22.3 Å². The molecule has 3 nitrogen and oxygen atoms in total. The Morgan fingerprint density at radius 3 is 2.43 bits per heavy atom. The lowest BCUT2D eigenvalue weighted by molar-refractivity contribution is 0.101. The molecule has 4 heteroatoms. The Kier molecular flexibility index (Phi) is 2.95. The number of nitrogens with zero attached hydrogens (tertiary/aromatic N) is 2. The third kappa shape index (κ3) is 2.32. The van der Waals surface area contributed by atoms with E-state index in [0.29, 0.717) is 5.69 Å². The van der Waals surface area contributed by atoms with Gasteiger partial charge in [-0.25, -0.2) is 4.98 Å². The maximum Gasteiger partial charge on any atom is 0.186 e. The molecule has 0 aliphatic heterocycles. The third-order valence-corrected chi connectivity index (χ3v) is 3.06. The first-order valence-corrected chi connectivity index (χ1v) is 5.40. The van der Waals surface area contributed by atoms with Crippen molar-refractivity contribution in [2.45, 2.75) is 33.2 Å². The molecule has 0 saturated heterocycles. The highest BCUT2D eigenvalue weighted by atomic mass is 32.1. The quantitative estimate of drug-likeness (QED) is 0.706. The highest BCUT2D eigenvalue weighted by Crippen LogP contribution is 2.25. The van der Waals surface area contributed by atoms with Gasteiger partial charge in [-0.05, 0) is 20.8 Å². The minimum atomic E-state index is 0.0230. The zero-order chi connectivity index (χ0) is 10.9. The van der Waals surface area contributed by atoms with Crippen molar-refractivity contribution in [2.75, 3.05) is 11.9 Å². The summed E-state index contributed by atoms with van der Waals surface area (Å²) in [5.74, 6) is 0.0230. The fourth-order valence-electron chi connectivity index (χ4n) is 0.867. The lowest BCUT2D eigenvalue weighted by Gasteiger charge is -2.31. The molecule has 0 unspecified atom stereocenters. The zero-order valence-corrected chi connectivity index (χ0v) is 10.1. The smallest absolute Gasteiger partial charge is 0.186 e. The van der Waals surface area contributed by atoms with Crippen LogP contribution in [-0.2, 0) is 0 Å². The highest BCUT2D eigenvalue weighted by molar-refractivity contribution is 7.13. The molecule has 78 valence electrons. The molecule has 0 radical (unpaired) electrons. The van der Waals surface area contributed by atoms with Crippen LogP contribution in [0.5, 0.6) is 0 Å². The van der Waals surface area contributed by atoms with E-state index in [2.05, 4.69) is 30.7 Å². The second-order valence-electron chi connectivity index (χ2n) is 4.30. The van der Waals surface area contributed by atoms with Crippen molar-refractivity contribution in [2.24, 2.45) is 0 Å². The van der Waals surface area contributed by atoms with Gasteiger partial charge >= 0.3 is 0 Å². The van der Waals surface area contributed by atoms with Crippen molar-refractivity contribution in [3.05, 3.63) is 11.1 Å². The highest BCUT2D eigenvalue weighted by Gasteiger charge is 2.20. The average molecular weight is 212 g/mol. The molecular formula is C10H16N2OS. The van der Waals surface area contributed by atoms with Crippen LogP contribution in [0.2, 0.25) is 0 Å². The Morgan fingerprint density at radius 1 is 1.50 bits per heavy atom. The normalized spacial score (nSPS) is 11.5. The van der Waals surface area contributed by atoms with Gasteiger partial charge in [0.25, 0.3) is 0 Å². The molecule has 14 heavy (non-hydrogen) atoms. The summed E-state index contributed by atoms with van der Waals surface area (Å²) in [6.07, 6.45) is 0. The van der Waals surface area contributed by atoms with E-state index >= 15 is 0 Å². The van der Waals surface area contributed by atoms with Crippen molar-refractivity contribution in [3.8, 4) is 0 Å². The summed E-state index contributed by atoms with van der Waals surface area (Å²) in [6.45, 7) is 7.88. The zero-order valence-electron chi connectivity index (χ0n) is 9.29. The van der Waals surface area contributed by atoms with Gasteiger partial charge in [0.05, 0.1) is 0 Å². The molecule has 1 aromatic rings. The number of thiazole rings is 1. The molecule has 0 aliphatic carbocycles. The Morgan fingerprint density at radius 2 is 2.07 bits per heavy atom. The molecule has 0 atom stereocenters. The van der Waals surface area contributed by atoms with Crippen LogP contribution in [0.1, 0.15) is 38.2 Å². The van der Waals surface area contributed by atoms with Gasteiger partial charge in [0.2, 0.25) is 0 Å². The van der Waals surface area contributed by atoms with Crippen LogP contribution in [0.4, 0.5) is 5.13 Å². The molecule has 1 aromatic heterocycles. The predicted octanol–water partition coefficient (Wildman–Crippen LogP) is 2.58. The SMILES string of the molecule is CC(=O)c1csc(N(C)C(C)(C)C)n1. The maximum atomic E-state index is 11.1. The summed E-state index contributed by atoms with van der Waals surface area (Å²) in [4.78, 5) is 17.4. The standard InChI is InChI=1S/C10H16N2OS/c1-7(13)8-6-14-9(11-8)12(5)10(2,3)4/h6H,1-5H3. The van der Waals surface area contributed by atoms with Gasteiger partial charge in [-0.2, -0.15) is 0 Å². The summed E-state index contributed by atoms with van der Waals surface area (Å²) >= 11 is 1.51. The molecule has 0 N–H and O–H groups in total. The number of hydrogen-bond donors (Lipinski definition) is 0. The number of carbonyl (C=O) groups is 1. The maximum absolute atomic E-state index is 11.1. The molecule has 1 heterocycles. The van der Waals surface area contributed by atoms with Crippen molar-refractivity contribution in [3.63, 3.8) is 0 Å². The van der Waals surface area contributed by atoms with Gasteiger partial charge in [0, 0.05) is 24.9 Å². The summed E-state index contributed by atoms with van der Waals surface area (Å²) < 4.78 is 0. The fourth-order valence-corrected chi connectivity index (χ4v) is 1.89. The Bertz CT molecular complexity index is 338. The second-order valence-corrected chi connectivity index (χ2v) is 5.14. The number of aromatic nitrogens is 1. The Labute approximate surface area is 88.8 Å². The topological polar surface area (TPSA) is 33.2 Å². The van der Waals surface area contributed by atoms with Gasteiger partial charge in [-0.15, -0.1) is 11.3 Å². The molecule has 0 bridgehead atoms. The first-order chi connectivity index (χ1) is 6.32. The minimum absolute atomic E-state index is 0.0230. The van der Waals surface area contributed by atoms with Gasteiger partial charge in [-0.3, -0.25) is 4.79 Å². The lowest BCUT2D eigenvalue weighted by Crippen LogP contribution is -2.37.